The molecule has 0 fully saturated rings. The van der Waals surface area contributed by atoms with Crippen LogP contribution in [-0.2, 0) is 18.3 Å². The lowest BCUT2D eigenvalue weighted by Crippen LogP contribution is -2.31. The van der Waals surface area contributed by atoms with E-state index < -0.39 is 0 Å². The Labute approximate surface area is 218 Å². The topological polar surface area (TPSA) is 95.1 Å². The molecule has 0 spiro atoms. The summed E-state index contributed by atoms with van der Waals surface area (Å²) in [6.45, 7) is 10.0. The zero-order valence-electron chi connectivity index (χ0n) is 22.6. The van der Waals surface area contributed by atoms with Crippen LogP contribution >= 0.6 is 0 Å². The van der Waals surface area contributed by atoms with Gasteiger partial charge in [-0.3, -0.25) is 9.78 Å². The highest BCUT2D eigenvalue weighted by Crippen LogP contribution is 2.31. The number of nitrogens with zero attached hydrogens (tertiary/aromatic N) is 4. The van der Waals surface area contributed by atoms with E-state index in [0.29, 0.717) is 23.5 Å². The summed E-state index contributed by atoms with van der Waals surface area (Å²) in [5, 5.41) is 9.29. The number of rotatable bonds is 7. The van der Waals surface area contributed by atoms with Crippen LogP contribution in [-0.4, -0.2) is 51.9 Å². The standard InChI is InChI=1S/C28H36FN7O/c1-16(2)32-26(37)22-15-31-27(35-25(22)33-18-8-9-30-24(13-18)28(3,4)5)34-19-10-17-11-20(36(6)7)14-21(17)23(29)12-19/h8-10,12-13,15-16,20H,11,14H2,1-7H3,(H,32,37)(H2,30,31,33,34,35). The molecule has 9 heteroatoms. The molecule has 8 nitrogen and oxygen atoms in total. The highest BCUT2D eigenvalue weighted by molar-refractivity contribution is 5.99. The minimum absolute atomic E-state index is 0.0491. The van der Waals surface area contributed by atoms with E-state index in [0.717, 1.165) is 28.9 Å². The third kappa shape index (κ3) is 6.22. The molecule has 0 saturated heterocycles. The van der Waals surface area contributed by atoms with Gasteiger partial charge in [0.15, 0.2) is 0 Å². The Kier molecular flexibility index (Phi) is 7.45. The second-order valence-electron chi connectivity index (χ2n) is 11.1. The van der Waals surface area contributed by atoms with Crippen LogP contribution in [0.1, 0.15) is 61.8 Å². The van der Waals surface area contributed by atoms with E-state index in [-0.39, 0.29) is 35.2 Å². The van der Waals surface area contributed by atoms with Crippen molar-refractivity contribution in [3.05, 3.63) is 64.9 Å². The van der Waals surface area contributed by atoms with Gasteiger partial charge in [0.25, 0.3) is 5.91 Å². The molecule has 1 aliphatic carbocycles. The first kappa shape index (κ1) is 26.5. The molecule has 1 aromatic carbocycles. The number of hydrogen-bond acceptors (Lipinski definition) is 7. The van der Waals surface area contributed by atoms with E-state index in [9.17, 15) is 9.18 Å². The molecule has 37 heavy (non-hydrogen) atoms. The Morgan fingerprint density at radius 1 is 1.08 bits per heavy atom. The van der Waals surface area contributed by atoms with Crippen LogP contribution < -0.4 is 16.0 Å². The molecule has 196 valence electrons. The Bertz CT molecular complexity index is 1300. The molecule has 1 aliphatic rings. The van der Waals surface area contributed by atoms with Crippen molar-refractivity contribution in [2.45, 2.75) is 65.0 Å². The van der Waals surface area contributed by atoms with E-state index in [4.69, 9.17) is 0 Å². The molecule has 2 aromatic heterocycles. The summed E-state index contributed by atoms with van der Waals surface area (Å²) in [5.74, 6) is 0.0841. The summed E-state index contributed by atoms with van der Waals surface area (Å²) >= 11 is 0. The molecule has 0 aliphatic heterocycles. The molecule has 3 N–H and O–H groups in total. The average Bonchev–Trinajstić information content (AvgIpc) is 3.24. The Balaban J connectivity index is 1.65. The van der Waals surface area contributed by atoms with Gasteiger partial charge >= 0.3 is 0 Å². The number of nitrogens with one attached hydrogen (secondary N) is 3. The molecule has 0 saturated carbocycles. The largest absolute Gasteiger partial charge is 0.350 e. The van der Waals surface area contributed by atoms with Crippen LogP contribution in [0.3, 0.4) is 0 Å². The number of carbonyl (C=O) groups is 1. The number of likely N-dealkylation sites (N-methyl/N-ethyl adjacent to an activating group) is 1. The van der Waals surface area contributed by atoms with Crippen molar-refractivity contribution in [1.29, 1.82) is 0 Å². The maximum Gasteiger partial charge on any atom is 0.256 e. The van der Waals surface area contributed by atoms with Crippen molar-refractivity contribution in [3.63, 3.8) is 0 Å². The first-order valence-electron chi connectivity index (χ1n) is 12.6. The van der Waals surface area contributed by atoms with Crippen LogP contribution in [0, 0.1) is 5.82 Å². The third-order valence-electron chi connectivity index (χ3n) is 6.41. The molecule has 0 bridgehead atoms. The number of fused-ring (bicyclic) bond motifs is 1. The van der Waals surface area contributed by atoms with Gasteiger partial charge in [-0.1, -0.05) is 20.8 Å². The Morgan fingerprint density at radius 2 is 1.84 bits per heavy atom. The van der Waals surface area contributed by atoms with E-state index >= 15 is 0 Å². The van der Waals surface area contributed by atoms with Crippen molar-refractivity contribution in [3.8, 4) is 0 Å². The third-order valence-corrected chi connectivity index (χ3v) is 6.41. The van der Waals surface area contributed by atoms with Crippen LogP contribution in [0.15, 0.2) is 36.7 Å². The number of halogens is 1. The molecule has 4 rings (SSSR count). The summed E-state index contributed by atoms with van der Waals surface area (Å²) in [5.41, 5.74) is 4.14. The van der Waals surface area contributed by atoms with E-state index in [1.54, 1.807) is 6.20 Å². The SMILES string of the molecule is CC(C)NC(=O)c1cnc(Nc2cc(F)c3c(c2)CC(N(C)C)C3)nc1Nc1ccnc(C(C)(C)C)c1. The van der Waals surface area contributed by atoms with E-state index in [2.05, 4.69) is 56.6 Å². The zero-order chi connectivity index (χ0) is 26.9. The lowest BCUT2D eigenvalue weighted by atomic mass is 9.91. The van der Waals surface area contributed by atoms with Crippen LogP contribution in [0.25, 0.3) is 0 Å². The predicted octanol–water partition coefficient (Wildman–Crippen LogP) is 4.96. The van der Waals surface area contributed by atoms with Crippen molar-refractivity contribution >= 4 is 29.0 Å². The van der Waals surface area contributed by atoms with Gasteiger partial charge in [-0.15, -0.1) is 0 Å². The van der Waals surface area contributed by atoms with Gasteiger partial charge in [-0.2, -0.15) is 4.98 Å². The average molecular weight is 506 g/mol. The van der Waals surface area contributed by atoms with Crippen molar-refractivity contribution in [1.82, 2.24) is 25.2 Å². The highest BCUT2D eigenvalue weighted by atomic mass is 19.1. The fourth-order valence-corrected chi connectivity index (χ4v) is 4.33. The fraction of sp³-hybridized carbons (Fsp3) is 0.429. The van der Waals surface area contributed by atoms with Crippen molar-refractivity contribution in [2.75, 3.05) is 24.7 Å². The number of amides is 1. The minimum Gasteiger partial charge on any atom is -0.350 e. The van der Waals surface area contributed by atoms with Gasteiger partial charge in [0.1, 0.15) is 17.2 Å². The molecule has 1 unspecified atom stereocenters. The lowest BCUT2D eigenvalue weighted by molar-refractivity contribution is 0.0943. The first-order valence-corrected chi connectivity index (χ1v) is 12.6. The molecular weight excluding hydrogens is 469 g/mol. The molecule has 2 heterocycles. The maximum atomic E-state index is 14.9. The number of hydrogen-bond donors (Lipinski definition) is 3. The normalized spacial score (nSPS) is 15.1. The van der Waals surface area contributed by atoms with Crippen LogP contribution in [0.4, 0.5) is 27.5 Å². The fourth-order valence-electron chi connectivity index (χ4n) is 4.33. The second kappa shape index (κ2) is 10.4. The van der Waals surface area contributed by atoms with Gasteiger partial charge in [0, 0.05) is 47.0 Å². The predicted molar refractivity (Wildman–Crippen MR) is 145 cm³/mol. The van der Waals surface area contributed by atoms with E-state index in [1.807, 2.05) is 46.1 Å². The van der Waals surface area contributed by atoms with Crippen molar-refractivity contribution < 1.29 is 9.18 Å². The number of pyridine rings is 1. The summed E-state index contributed by atoms with van der Waals surface area (Å²) in [4.78, 5) is 28.5. The zero-order valence-corrected chi connectivity index (χ0v) is 22.6. The number of carbonyl (C=O) groups excluding carboxylic acids is 1. The smallest absolute Gasteiger partial charge is 0.256 e. The lowest BCUT2D eigenvalue weighted by Gasteiger charge is -2.19. The van der Waals surface area contributed by atoms with Gasteiger partial charge in [-0.25, -0.2) is 9.37 Å². The van der Waals surface area contributed by atoms with Gasteiger partial charge < -0.3 is 20.9 Å². The second-order valence-corrected chi connectivity index (χ2v) is 11.1. The summed E-state index contributed by atoms with van der Waals surface area (Å²) in [6.07, 6.45) is 4.69. The monoisotopic (exact) mass is 505 g/mol. The first-order chi connectivity index (χ1) is 17.4. The van der Waals surface area contributed by atoms with Gasteiger partial charge in [0.05, 0.1) is 0 Å². The Morgan fingerprint density at radius 3 is 2.51 bits per heavy atom. The maximum absolute atomic E-state index is 14.9. The molecular formula is C28H36FN7O. The van der Waals surface area contributed by atoms with E-state index in [1.165, 1.54) is 12.3 Å². The molecule has 1 atom stereocenters. The van der Waals surface area contributed by atoms with Crippen molar-refractivity contribution in [2.24, 2.45) is 0 Å². The Hall–Kier alpha value is -3.59. The highest BCUT2D eigenvalue weighted by Gasteiger charge is 2.26. The van der Waals surface area contributed by atoms with Crippen LogP contribution in [0.5, 0.6) is 0 Å². The van der Waals surface area contributed by atoms with Gasteiger partial charge in [0.2, 0.25) is 5.95 Å². The summed E-state index contributed by atoms with van der Waals surface area (Å²) in [6, 6.07) is 7.43. The summed E-state index contributed by atoms with van der Waals surface area (Å²) in [7, 11) is 4.03. The molecule has 1 amide bonds. The number of benzene rings is 1. The van der Waals surface area contributed by atoms with Gasteiger partial charge in [-0.05, 0) is 76.2 Å². The summed E-state index contributed by atoms with van der Waals surface area (Å²) < 4.78 is 14.9. The van der Waals surface area contributed by atoms with Crippen LogP contribution in [0.2, 0.25) is 0 Å². The number of aromatic nitrogens is 3. The number of anilines is 4. The quantitative estimate of drug-likeness (QED) is 0.418. The molecule has 3 aromatic rings. The molecule has 0 radical (unpaired) electrons. The minimum atomic E-state index is -0.285.